The van der Waals surface area contributed by atoms with Crippen LogP contribution in [0.1, 0.15) is 24.3 Å². The summed E-state index contributed by atoms with van der Waals surface area (Å²) >= 11 is 0. The molecule has 0 bridgehead atoms. The van der Waals surface area contributed by atoms with Crippen molar-refractivity contribution in [3.63, 3.8) is 0 Å². The third kappa shape index (κ3) is 2.54. The highest BCUT2D eigenvalue weighted by atomic mass is 16.5. The number of carbonyl (C=O) groups is 2. The second kappa shape index (κ2) is 6.55. The van der Waals surface area contributed by atoms with E-state index < -0.39 is 5.92 Å². The Bertz CT molecular complexity index is 834. The Labute approximate surface area is 145 Å². The first-order valence-electron chi connectivity index (χ1n) is 7.88. The van der Waals surface area contributed by atoms with Gasteiger partial charge in [0.25, 0.3) is 0 Å². The van der Waals surface area contributed by atoms with E-state index in [0.29, 0.717) is 46.8 Å². The number of hydrogen-bond acceptors (Lipinski definition) is 6. The molecule has 0 saturated heterocycles. The van der Waals surface area contributed by atoms with Crippen LogP contribution in [-0.4, -0.2) is 38.6 Å². The lowest BCUT2D eigenvalue weighted by Gasteiger charge is -2.28. The number of allylic oxidation sites excluding steroid dienone is 4. The highest BCUT2D eigenvalue weighted by Crippen LogP contribution is 2.45. The Morgan fingerprint density at radius 2 is 1.56 bits per heavy atom. The molecule has 0 amide bonds. The fraction of sp³-hybridized carbons (Fsp3) is 0.316. The molecule has 1 aromatic carbocycles. The van der Waals surface area contributed by atoms with Crippen LogP contribution in [-0.2, 0) is 9.59 Å². The second-order valence-corrected chi connectivity index (χ2v) is 5.80. The number of benzene rings is 1. The van der Waals surface area contributed by atoms with Gasteiger partial charge in [-0.15, -0.1) is 0 Å². The van der Waals surface area contributed by atoms with Crippen LogP contribution < -0.4 is 14.2 Å². The summed E-state index contributed by atoms with van der Waals surface area (Å²) in [6.45, 7) is 0. The summed E-state index contributed by atoms with van der Waals surface area (Å²) in [5, 5.41) is 8.28. The van der Waals surface area contributed by atoms with Gasteiger partial charge in [-0.05, 0) is 18.9 Å². The topological polar surface area (TPSA) is 85.7 Å². The summed E-state index contributed by atoms with van der Waals surface area (Å²) < 4.78 is 16.0. The third-order valence-corrected chi connectivity index (χ3v) is 4.59. The van der Waals surface area contributed by atoms with Crippen molar-refractivity contribution >= 4 is 17.3 Å². The van der Waals surface area contributed by atoms with E-state index in [1.165, 1.54) is 21.3 Å². The number of methoxy groups -OCH3 is 3. The number of ether oxygens (including phenoxy) is 3. The van der Waals surface area contributed by atoms with Crippen molar-refractivity contribution in [2.75, 3.05) is 21.3 Å². The maximum Gasteiger partial charge on any atom is 0.204 e. The van der Waals surface area contributed by atoms with E-state index in [4.69, 9.17) is 19.6 Å². The molecule has 2 aliphatic rings. The smallest absolute Gasteiger partial charge is 0.204 e. The molecule has 6 nitrogen and oxygen atoms in total. The molecule has 1 unspecified atom stereocenters. The number of ketones is 2. The molecule has 6 heteroatoms. The number of nitrogens with one attached hydrogen (secondary N) is 1. The molecular formula is C19H19NO5. The molecule has 1 N–H and O–H groups in total. The van der Waals surface area contributed by atoms with Gasteiger partial charge in [0.15, 0.2) is 17.3 Å². The lowest BCUT2D eigenvalue weighted by atomic mass is 9.73. The van der Waals surface area contributed by atoms with E-state index in [1.54, 1.807) is 12.1 Å². The molecular weight excluding hydrogens is 322 g/mol. The van der Waals surface area contributed by atoms with E-state index in [1.807, 2.05) is 12.2 Å². The first kappa shape index (κ1) is 17.0. The quantitative estimate of drug-likeness (QED) is 0.851. The van der Waals surface area contributed by atoms with Gasteiger partial charge in [-0.2, -0.15) is 0 Å². The SMILES string of the molecule is COc1ccc(C2C(=N)C(=O)C3=C(CC=CC3)C2=O)c(OC)c1OC. The standard InChI is InChI=1S/C19H19NO5/c1-23-13-9-8-12(18(24-2)19(13)25-3)14-15(20)17(22)11-7-5-4-6-10(11)16(14)21/h4-5,8-9,14,20H,6-7H2,1-3H3. The molecule has 1 atom stereocenters. The van der Waals surface area contributed by atoms with Gasteiger partial charge in [-0.25, -0.2) is 0 Å². The molecule has 3 rings (SSSR count). The normalized spacial score (nSPS) is 19.8. The fourth-order valence-electron chi connectivity index (χ4n) is 3.38. The van der Waals surface area contributed by atoms with Gasteiger partial charge in [0.2, 0.25) is 11.5 Å². The molecule has 1 aromatic rings. The predicted molar refractivity (Wildman–Crippen MR) is 92.0 cm³/mol. The van der Waals surface area contributed by atoms with Crippen LogP contribution in [0.15, 0.2) is 35.4 Å². The highest BCUT2D eigenvalue weighted by molar-refractivity contribution is 6.53. The molecule has 2 aliphatic carbocycles. The van der Waals surface area contributed by atoms with E-state index in [-0.39, 0.29) is 17.3 Å². The van der Waals surface area contributed by atoms with Crippen molar-refractivity contribution < 1.29 is 23.8 Å². The summed E-state index contributed by atoms with van der Waals surface area (Å²) in [5.41, 5.74) is 1.13. The third-order valence-electron chi connectivity index (χ3n) is 4.59. The summed E-state index contributed by atoms with van der Waals surface area (Å²) in [6, 6.07) is 3.29. The average Bonchev–Trinajstić information content (AvgIpc) is 2.65. The minimum absolute atomic E-state index is 0.227. The highest BCUT2D eigenvalue weighted by Gasteiger charge is 2.42. The lowest BCUT2D eigenvalue weighted by Crippen LogP contribution is -2.37. The average molecular weight is 341 g/mol. The van der Waals surface area contributed by atoms with E-state index in [0.717, 1.165) is 0 Å². The monoisotopic (exact) mass is 341 g/mol. The summed E-state index contributed by atoms with van der Waals surface area (Å²) in [5.74, 6) is -0.514. The van der Waals surface area contributed by atoms with Gasteiger partial charge < -0.3 is 19.6 Å². The van der Waals surface area contributed by atoms with Crippen LogP contribution >= 0.6 is 0 Å². The Morgan fingerprint density at radius 1 is 0.920 bits per heavy atom. The molecule has 0 fully saturated rings. The molecule has 0 radical (unpaired) electrons. The van der Waals surface area contributed by atoms with E-state index in [2.05, 4.69) is 0 Å². The van der Waals surface area contributed by atoms with Crippen LogP contribution in [0.4, 0.5) is 0 Å². The first-order chi connectivity index (χ1) is 12.0. The van der Waals surface area contributed by atoms with Crippen LogP contribution in [0.3, 0.4) is 0 Å². The lowest BCUT2D eigenvalue weighted by molar-refractivity contribution is -0.118. The van der Waals surface area contributed by atoms with E-state index >= 15 is 0 Å². The zero-order valence-electron chi connectivity index (χ0n) is 14.3. The Kier molecular flexibility index (Phi) is 4.44. The Morgan fingerprint density at radius 3 is 2.16 bits per heavy atom. The van der Waals surface area contributed by atoms with Crippen LogP contribution in [0.25, 0.3) is 0 Å². The van der Waals surface area contributed by atoms with E-state index in [9.17, 15) is 9.59 Å². The van der Waals surface area contributed by atoms with Gasteiger partial charge in [0, 0.05) is 16.7 Å². The predicted octanol–water partition coefficient (Wildman–Crippen LogP) is 2.61. The Hall–Kier alpha value is -2.89. The molecule has 130 valence electrons. The van der Waals surface area contributed by atoms with Gasteiger partial charge in [-0.3, -0.25) is 9.59 Å². The first-order valence-corrected chi connectivity index (χ1v) is 7.88. The minimum Gasteiger partial charge on any atom is -0.493 e. The molecule has 0 heterocycles. The molecule has 0 aliphatic heterocycles. The van der Waals surface area contributed by atoms with Gasteiger partial charge >= 0.3 is 0 Å². The fourth-order valence-corrected chi connectivity index (χ4v) is 3.38. The number of hydrogen-bond donors (Lipinski definition) is 1. The summed E-state index contributed by atoms with van der Waals surface area (Å²) in [7, 11) is 4.42. The molecule has 0 saturated carbocycles. The second-order valence-electron chi connectivity index (χ2n) is 5.80. The van der Waals surface area contributed by atoms with Crippen molar-refractivity contribution in [3.05, 3.63) is 41.0 Å². The molecule has 25 heavy (non-hydrogen) atoms. The van der Waals surface area contributed by atoms with Crippen molar-refractivity contribution in [2.45, 2.75) is 18.8 Å². The summed E-state index contributed by atoms with van der Waals surface area (Å²) in [4.78, 5) is 25.6. The van der Waals surface area contributed by atoms with Gasteiger partial charge in [-0.1, -0.05) is 18.2 Å². The van der Waals surface area contributed by atoms with Crippen molar-refractivity contribution in [1.82, 2.24) is 0 Å². The van der Waals surface area contributed by atoms with Crippen molar-refractivity contribution in [2.24, 2.45) is 0 Å². The van der Waals surface area contributed by atoms with Crippen LogP contribution in [0.5, 0.6) is 17.2 Å². The zero-order valence-corrected chi connectivity index (χ0v) is 14.3. The Balaban J connectivity index is 2.16. The van der Waals surface area contributed by atoms with Crippen LogP contribution in [0.2, 0.25) is 0 Å². The van der Waals surface area contributed by atoms with Crippen LogP contribution in [0, 0.1) is 5.41 Å². The largest absolute Gasteiger partial charge is 0.493 e. The maximum absolute atomic E-state index is 13.0. The van der Waals surface area contributed by atoms with Gasteiger partial charge in [0.1, 0.15) is 0 Å². The maximum atomic E-state index is 13.0. The van der Waals surface area contributed by atoms with Gasteiger partial charge in [0.05, 0.1) is 33.0 Å². The summed E-state index contributed by atoms with van der Waals surface area (Å²) in [6.07, 6.45) is 4.55. The minimum atomic E-state index is -0.993. The van der Waals surface area contributed by atoms with Crippen molar-refractivity contribution in [1.29, 1.82) is 5.41 Å². The molecule has 0 spiro atoms. The number of carbonyl (C=O) groups excluding carboxylic acids is 2. The number of rotatable bonds is 4. The zero-order chi connectivity index (χ0) is 18.1. The molecule has 0 aromatic heterocycles. The van der Waals surface area contributed by atoms with Crippen molar-refractivity contribution in [3.8, 4) is 17.2 Å². The number of Topliss-reactive ketones (excluding diaryl/α,β-unsaturated/α-hetero) is 2.